The number of furan rings is 1. The number of benzene rings is 3. The second kappa shape index (κ2) is 9.77. The third kappa shape index (κ3) is 4.42. The van der Waals surface area contributed by atoms with E-state index in [1.165, 1.54) is 0 Å². The van der Waals surface area contributed by atoms with Gasteiger partial charge in [0.25, 0.3) is 0 Å². The van der Waals surface area contributed by atoms with Crippen molar-refractivity contribution < 1.29 is 24.5 Å². The zero-order valence-corrected chi connectivity index (χ0v) is 19.7. The van der Waals surface area contributed by atoms with E-state index in [0.29, 0.717) is 0 Å². The molecule has 32 heavy (non-hydrogen) atoms. The Morgan fingerprint density at radius 2 is 1.72 bits per heavy atom. The molecule has 0 N–H and O–H groups in total. The summed E-state index contributed by atoms with van der Waals surface area (Å²) >= 11 is 0. The van der Waals surface area contributed by atoms with Gasteiger partial charge in [-0.15, -0.1) is 42.6 Å². The summed E-state index contributed by atoms with van der Waals surface area (Å²) in [6.45, 7) is 1.89. The van der Waals surface area contributed by atoms with Crippen molar-refractivity contribution in [2.24, 2.45) is 5.10 Å². The topological polar surface area (TPSA) is 44.9 Å². The van der Waals surface area contributed by atoms with Gasteiger partial charge >= 0.3 is 20.1 Å². The molecular weight excluding hydrogens is 577 g/mol. The van der Waals surface area contributed by atoms with Crippen LogP contribution in [0.25, 0.3) is 33.2 Å². The maximum Gasteiger partial charge on any atom is 3.00 e. The van der Waals surface area contributed by atoms with Crippen LogP contribution in [0.1, 0.15) is 0 Å². The Hall–Kier alpha value is -3.47. The smallest absolute Gasteiger partial charge is 0.514 e. The number of fused-ring (bicyclic) bond motifs is 3. The van der Waals surface area contributed by atoms with E-state index in [9.17, 15) is 0 Å². The molecule has 0 unspecified atom stereocenters. The largest absolute Gasteiger partial charge is 3.00 e. The predicted octanol–water partition coefficient (Wildman–Crippen LogP) is 5.75. The summed E-state index contributed by atoms with van der Waals surface area (Å²) in [6, 6.07) is 32.0. The Morgan fingerprint density at radius 3 is 2.47 bits per heavy atom. The Morgan fingerprint density at radius 1 is 0.875 bits per heavy atom. The minimum Gasteiger partial charge on any atom is -0.514 e. The van der Waals surface area contributed by atoms with E-state index < -0.39 is 0 Å². The first-order chi connectivity index (χ1) is 15.3. The minimum absolute atomic E-state index is 0. The van der Waals surface area contributed by atoms with Gasteiger partial charge in [-0.1, -0.05) is 35.7 Å². The molecule has 0 spiro atoms. The van der Waals surface area contributed by atoms with Crippen molar-refractivity contribution in [2.45, 2.75) is 0 Å². The van der Waals surface area contributed by atoms with Gasteiger partial charge in [0.15, 0.2) is 0 Å². The number of hydrogen-bond donors (Lipinski definition) is 0. The van der Waals surface area contributed by atoms with Gasteiger partial charge in [0.1, 0.15) is 5.58 Å². The molecule has 3 aromatic carbocycles. The van der Waals surface area contributed by atoms with Crippen LogP contribution in [0.4, 0.5) is 5.69 Å². The molecule has 0 saturated carbocycles. The molecule has 158 valence electrons. The van der Waals surface area contributed by atoms with Gasteiger partial charge in [0.05, 0.1) is 6.34 Å². The first-order valence-electron chi connectivity index (χ1n) is 9.90. The maximum atomic E-state index is 5.95. The Kier molecular flexibility index (Phi) is 6.64. The summed E-state index contributed by atoms with van der Waals surface area (Å²) in [5.41, 5.74) is 4.53. The number of rotatable bonds is 2. The van der Waals surface area contributed by atoms with Gasteiger partial charge in [-0.05, 0) is 30.6 Å². The Balaban J connectivity index is 0.000000164. The van der Waals surface area contributed by atoms with E-state index in [2.05, 4.69) is 28.3 Å². The van der Waals surface area contributed by atoms with E-state index in [4.69, 9.17) is 4.42 Å². The van der Waals surface area contributed by atoms with E-state index >= 15 is 0 Å². The molecule has 0 bridgehead atoms. The second-order valence-corrected chi connectivity index (χ2v) is 7.01. The van der Waals surface area contributed by atoms with Crippen LogP contribution in [-0.4, -0.2) is 23.3 Å². The summed E-state index contributed by atoms with van der Waals surface area (Å²) < 4.78 is 5.95. The van der Waals surface area contributed by atoms with Gasteiger partial charge < -0.3 is 19.3 Å². The van der Waals surface area contributed by atoms with Crippen LogP contribution in [0.15, 0.2) is 94.6 Å². The molecule has 0 amide bonds. The van der Waals surface area contributed by atoms with Gasteiger partial charge in [-0.3, -0.25) is 0 Å². The van der Waals surface area contributed by atoms with Crippen molar-refractivity contribution in [2.75, 3.05) is 12.1 Å². The van der Waals surface area contributed by atoms with Crippen LogP contribution < -0.4 is 5.01 Å². The molecule has 0 saturated heterocycles. The predicted molar refractivity (Wildman–Crippen MR) is 124 cm³/mol. The molecule has 5 aromatic rings. The molecule has 1 aliphatic rings. The molecule has 6 heteroatoms. The molecule has 0 aliphatic carbocycles. The van der Waals surface area contributed by atoms with E-state index in [0.717, 1.165) is 38.9 Å². The first-order valence-corrected chi connectivity index (χ1v) is 9.90. The normalized spacial score (nSPS) is 12.5. The number of hydrazone groups is 1. The van der Waals surface area contributed by atoms with Crippen LogP contribution in [0.2, 0.25) is 0 Å². The summed E-state index contributed by atoms with van der Waals surface area (Å²) in [4.78, 5) is 6.10. The summed E-state index contributed by atoms with van der Waals surface area (Å²) in [6.07, 6.45) is 3.53. The van der Waals surface area contributed by atoms with Crippen molar-refractivity contribution in [3.05, 3.63) is 104 Å². The molecular formula is C26H19IrN4O. The fraction of sp³-hybridized carbons (Fsp3) is 0.0385. The maximum absolute atomic E-state index is 5.95. The quantitative estimate of drug-likeness (QED) is 0.244. The van der Waals surface area contributed by atoms with Crippen LogP contribution >= 0.6 is 0 Å². The minimum atomic E-state index is 0. The zero-order chi connectivity index (χ0) is 21.0. The van der Waals surface area contributed by atoms with E-state index in [1.54, 1.807) is 17.5 Å². The first kappa shape index (κ1) is 21.7. The van der Waals surface area contributed by atoms with Gasteiger partial charge in [0, 0.05) is 17.2 Å². The number of aromatic nitrogens is 1. The summed E-state index contributed by atoms with van der Waals surface area (Å²) in [5, 5.41) is 8.26. The molecule has 2 aromatic heterocycles. The third-order valence-electron chi connectivity index (χ3n) is 4.85. The average Bonchev–Trinajstić information content (AvgIpc) is 3.44. The van der Waals surface area contributed by atoms with E-state index in [1.807, 2.05) is 91.4 Å². The van der Waals surface area contributed by atoms with Gasteiger partial charge in [0.2, 0.25) is 0 Å². The number of anilines is 1. The van der Waals surface area contributed by atoms with Crippen molar-refractivity contribution in [3.63, 3.8) is 0 Å². The number of para-hydroxylation sites is 1. The van der Waals surface area contributed by atoms with Crippen LogP contribution in [0.5, 0.6) is 0 Å². The fourth-order valence-electron chi connectivity index (χ4n) is 3.41. The van der Waals surface area contributed by atoms with Crippen molar-refractivity contribution in [1.29, 1.82) is 0 Å². The number of nitrogens with zero attached hydrogens (tertiary/aromatic N) is 4. The monoisotopic (exact) mass is 596 g/mol. The number of hydrogen-bond acceptors (Lipinski definition) is 5. The van der Waals surface area contributed by atoms with Crippen LogP contribution in [-0.2, 0) is 20.1 Å². The number of pyridine rings is 1. The molecule has 0 atom stereocenters. The van der Waals surface area contributed by atoms with Gasteiger partial charge in [-0.2, -0.15) is 23.3 Å². The Labute approximate surface area is 200 Å². The van der Waals surface area contributed by atoms with Crippen LogP contribution in [0, 0.1) is 18.8 Å². The van der Waals surface area contributed by atoms with Crippen molar-refractivity contribution in [3.8, 4) is 11.3 Å². The standard InChI is InChI=1S/C15H11N3O.C11H8N.Ir/c1-17-9-16-18(10-17)13-7-4-6-12-11-5-2-3-8-14(11)19-15(12)13;1-2-6-10(7-3-1)11-8-4-5-9-12-11;/h2-6,8-10H,1H3;1-6,8-9H;/q-2;-1;+3. The van der Waals surface area contributed by atoms with Gasteiger partial charge in [-0.25, -0.2) is 0 Å². The third-order valence-corrected chi connectivity index (χ3v) is 4.85. The van der Waals surface area contributed by atoms with Crippen LogP contribution in [0.3, 0.4) is 0 Å². The zero-order valence-electron chi connectivity index (χ0n) is 17.3. The molecule has 6 rings (SSSR count). The second-order valence-electron chi connectivity index (χ2n) is 7.01. The Bertz CT molecular complexity index is 1300. The van der Waals surface area contributed by atoms with Crippen molar-refractivity contribution >= 4 is 34.0 Å². The fourth-order valence-corrected chi connectivity index (χ4v) is 3.41. The molecule has 5 nitrogen and oxygen atoms in total. The SMILES string of the molecule is CN1C=NN(c2[c-]ccc3c2oc2ccccc23)[CH-]1.[Ir+3].[c-]1ccccc1-c1ccccn1. The average molecular weight is 596 g/mol. The molecule has 3 heterocycles. The molecule has 0 fully saturated rings. The summed E-state index contributed by atoms with van der Waals surface area (Å²) in [5.74, 6) is 0. The van der Waals surface area contributed by atoms with Crippen molar-refractivity contribution in [1.82, 2.24) is 9.88 Å². The molecule has 0 radical (unpaired) electrons. The molecule has 1 aliphatic heterocycles. The summed E-state index contributed by atoms with van der Waals surface area (Å²) in [7, 11) is 1.93. The van der Waals surface area contributed by atoms with E-state index in [-0.39, 0.29) is 20.1 Å².